The fourth-order valence-electron chi connectivity index (χ4n) is 4.72. The van der Waals surface area contributed by atoms with Gasteiger partial charge in [0.05, 0.1) is 17.5 Å². The molecule has 21 heavy (non-hydrogen) atoms. The molecule has 1 saturated carbocycles. The molecule has 1 saturated heterocycles. The first kappa shape index (κ1) is 11.5. The molecule has 2 amide bonds. The van der Waals surface area contributed by atoms with E-state index in [0.29, 0.717) is 17.5 Å². The molecule has 104 valence electrons. The number of hydrogen-bond donors (Lipinski definition) is 0. The first-order valence-electron chi connectivity index (χ1n) is 7.57. The van der Waals surface area contributed by atoms with Crippen molar-refractivity contribution in [3.63, 3.8) is 0 Å². The van der Waals surface area contributed by atoms with Crippen molar-refractivity contribution in [2.45, 2.75) is 0 Å². The average molecular weight is 277 g/mol. The molecule has 0 spiro atoms. The largest absolute Gasteiger partial charge is 0.274 e. The maximum absolute atomic E-state index is 12.9. The minimum absolute atomic E-state index is 0.00528. The van der Waals surface area contributed by atoms with Gasteiger partial charge in [-0.15, -0.1) is 0 Å². The third-order valence-electron chi connectivity index (χ3n) is 5.69. The molecule has 3 nitrogen and oxygen atoms in total. The minimum atomic E-state index is -0.154. The van der Waals surface area contributed by atoms with Gasteiger partial charge in [0.2, 0.25) is 11.8 Å². The van der Waals surface area contributed by atoms with Crippen LogP contribution in [-0.2, 0) is 9.59 Å². The van der Waals surface area contributed by atoms with Gasteiger partial charge < -0.3 is 0 Å². The predicted molar refractivity (Wildman–Crippen MR) is 78.2 cm³/mol. The van der Waals surface area contributed by atoms with E-state index in [4.69, 9.17) is 0 Å². The molecule has 2 fully saturated rings. The summed E-state index contributed by atoms with van der Waals surface area (Å²) in [7, 11) is 0. The van der Waals surface area contributed by atoms with Crippen LogP contribution in [0.1, 0.15) is 0 Å². The van der Waals surface area contributed by atoms with Crippen LogP contribution in [0.15, 0.2) is 54.6 Å². The van der Waals surface area contributed by atoms with Gasteiger partial charge in [0, 0.05) is 0 Å². The van der Waals surface area contributed by atoms with Gasteiger partial charge in [-0.2, -0.15) is 0 Å². The van der Waals surface area contributed by atoms with Crippen molar-refractivity contribution in [1.82, 2.24) is 0 Å². The molecule has 1 aliphatic heterocycles. The van der Waals surface area contributed by atoms with E-state index in [2.05, 4.69) is 24.3 Å². The van der Waals surface area contributed by atoms with Gasteiger partial charge in [-0.25, -0.2) is 0 Å². The Hall–Kier alpha value is -2.16. The van der Waals surface area contributed by atoms with Crippen LogP contribution in [0.25, 0.3) is 0 Å². The number of allylic oxidation sites excluding steroid dienone is 4. The van der Waals surface area contributed by atoms with Crippen LogP contribution in [0.2, 0.25) is 0 Å². The smallest absolute Gasteiger partial charge is 0.238 e. The van der Waals surface area contributed by atoms with E-state index in [9.17, 15) is 9.59 Å². The summed E-state index contributed by atoms with van der Waals surface area (Å²) in [5, 5.41) is 0. The third kappa shape index (κ3) is 1.25. The van der Waals surface area contributed by atoms with E-state index < -0.39 is 0 Å². The van der Waals surface area contributed by atoms with Gasteiger partial charge >= 0.3 is 0 Å². The number of carbonyl (C=O) groups is 2. The van der Waals surface area contributed by atoms with Crippen molar-refractivity contribution in [3.05, 3.63) is 54.6 Å². The summed E-state index contributed by atoms with van der Waals surface area (Å²) in [6.45, 7) is 0. The van der Waals surface area contributed by atoms with Gasteiger partial charge in [-0.1, -0.05) is 42.5 Å². The standard InChI is InChI=1S/C18H15NO2/c20-17-15-13-8-9-14(12-7-6-11(12)13)16(15)18(21)19(17)10-4-2-1-3-5-10/h1-9,11-16H/t11?,12?,13?,14?,15-,16+. The molecule has 0 radical (unpaired) electrons. The molecule has 5 aliphatic rings. The number of hydrogen-bond acceptors (Lipinski definition) is 2. The normalized spacial score (nSPS) is 42.0. The van der Waals surface area contributed by atoms with Crippen molar-refractivity contribution in [2.75, 3.05) is 4.90 Å². The van der Waals surface area contributed by atoms with E-state index in [1.807, 2.05) is 30.3 Å². The van der Waals surface area contributed by atoms with Crippen molar-refractivity contribution in [3.8, 4) is 0 Å². The molecule has 1 aromatic carbocycles. The summed E-state index contributed by atoms with van der Waals surface area (Å²) in [6.07, 6.45) is 8.78. The lowest BCUT2D eigenvalue weighted by Crippen LogP contribution is -2.50. The summed E-state index contributed by atoms with van der Waals surface area (Å²) < 4.78 is 0. The number of carbonyl (C=O) groups excluding carboxylic acids is 2. The highest BCUT2D eigenvalue weighted by molar-refractivity contribution is 6.22. The Morgan fingerprint density at radius 3 is 1.62 bits per heavy atom. The Morgan fingerprint density at radius 1 is 0.667 bits per heavy atom. The molecule has 4 aliphatic carbocycles. The SMILES string of the molecule is O=C1[C@@H]2C3C=CC(C4C=CC43)[C@@H]2C(=O)N1c1ccccc1. The van der Waals surface area contributed by atoms with Crippen LogP contribution in [0, 0.1) is 35.5 Å². The van der Waals surface area contributed by atoms with Crippen LogP contribution >= 0.6 is 0 Å². The van der Waals surface area contributed by atoms with Gasteiger partial charge in [0.15, 0.2) is 0 Å². The maximum atomic E-state index is 12.9. The highest BCUT2D eigenvalue weighted by atomic mass is 16.2. The first-order chi connectivity index (χ1) is 10.3. The van der Waals surface area contributed by atoms with Gasteiger partial charge in [-0.3, -0.25) is 14.5 Å². The molecule has 3 heteroatoms. The molecule has 4 unspecified atom stereocenters. The minimum Gasteiger partial charge on any atom is -0.274 e. The molecule has 6 atom stereocenters. The molecule has 1 aromatic rings. The van der Waals surface area contributed by atoms with Gasteiger partial charge in [0.25, 0.3) is 0 Å². The van der Waals surface area contributed by atoms with Crippen LogP contribution in [-0.4, -0.2) is 11.8 Å². The van der Waals surface area contributed by atoms with Crippen molar-refractivity contribution < 1.29 is 9.59 Å². The zero-order valence-corrected chi connectivity index (χ0v) is 11.4. The van der Waals surface area contributed by atoms with E-state index >= 15 is 0 Å². The molecular weight excluding hydrogens is 262 g/mol. The Labute approximate surface area is 122 Å². The average Bonchev–Trinajstić information content (AvgIpc) is 2.73. The monoisotopic (exact) mass is 277 g/mol. The number of nitrogens with zero attached hydrogens (tertiary/aromatic N) is 1. The second-order valence-electron chi connectivity index (χ2n) is 6.48. The molecule has 0 aromatic heterocycles. The zero-order valence-electron chi connectivity index (χ0n) is 11.4. The summed E-state index contributed by atoms with van der Waals surface area (Å²) in [4.78, 5) is 27.2. The molecule has 1 heterocycles. The van der Waals surface area contributed by atoms with Crippen LogP contribution in [0.3, 0.4) is 0 Å². The fourth-order valence-corrected chi connectivity index (χ4v) is 4.72. The third-order valence-corrected chi connectivity index (χ3v) is 5.69. The lowest BCUT2D eigenvalue weighted by atomic mass is 9.50. The summed E-state index contributed by atoms with van der Waals surface area (Å²) >= 11 is 0. The second kappa shape index (κ2) is 3.73. The number of para-hydroxylation sites is 1. The molecule has 2 bridgehead atoms. The highest BCUT2D eigenvalue weighted by Crippen LogP contribution is 2.58. The Kier molecular flexibility index (Phi) is 2.04. The second-order valence-corrected chi connectivity index (χ2v) is 6.48. The van der Waals surface area contributed by atoms with Crippen LogP contribution in [0.4, 0.5) is 5.69 Å². The lowest BCUT2D eigenvalue weighted by molar-refractivity contribution is -0.127. The Balaban J connectivity index is 1.61. The van der Waals surface area contributed by atoms with E-state index in [1.54, 1.807) is 0 Å². The first-order valence-corrected chi connectivity index (χ1v) is 7.57. The van der Waals surface area contributed by atoms with Crippen LogP contribution < -0.4 is 4.90 Å². The number of imide groups is 1. The number of amides is 2. The van der Waals surface area contributed by atoms with Crippen molar-refractivity contribution in [2.24, 2.45) is 35.5 Å². The van der Waals surface area contributed by atoms with Gasteiger partial charge in [0.1, 0.15) is 0 Å². The number of benzene rings is 1. The van der Waals surface area contributed by atoms with E-state index in [-0.39, 0.29) is 35.5 Å². The summed E-state index contributed by atoms with van der Waals surface area (Å²) in [5.74, 6) is 1.03. The zero-order chi connectivity index (χ0) is 14.1. The van der Waals surface area contributed by atoms with E-state index in [0.717, 1.165) is 0 Å². The summed E-state index contributed by atoms with van der Waals surface area (Å²) in [6, 6.07) is 9.33. The van der Waals surface area contributed by atoms with Crippen molar-refractivity contribution >= 4 is 17.5 Å². The van der Waals surface area contributed by atoms with Crippen molar-refractivity contribution in [1.29, 1.82) is 0 Å². The fraction of sp³-hybridized carbons (Fsp3) is 0.333. The topological polar surface area (TPSA) is 37.4 Å². The summed E-state index contributed by atoms with van der Waals surface area (Å²) in [5.41, 5.74) is 0.710. The van der Waals surface area contributed by atoms with Crippen LogP contribution in [0.5, 0.6) is 0 Å². The number of rotatable bonds is 1. The molecule has 0 N–H and O–H groups in total. The molecule has 6 rings (SSSR count). The van der Waals surface area contributed by atoms with E-state index in [1.165, 1.54) is 4.90 Å². The predicted octanol–water partition coefficient (Wildman–Crippen LogP) is 2.41. The number of anilines is 1. The maximum Gasteiger partial charge on any atom is 0.238 e. The highest BCUT2D eigenvalue weighted by Gasteiger charge is 2.62. The molecular formula is C18H15NO2. The Bertz CT molecular complexity index is 665. The lowest BCUT2D eigenvalue weighted by Gasteiger charge is -2.51. The quantitative estimate of drug-likeness (QED) is 0.584. The van der Waals surface area contributed by atoms with Gasteiger partial charge in [-0.05, 0) is 35.8 Å². The Morgan fingerprint density at radius 2 is 1.14 bits per heavy atom.